The topological polar surface area (TPSA) is 48.5 Å². The second kappa shape index (κ2) is 8.01. The van der Waals surface area contributed by atoms with E-state index in [-0.39, 0.29) is 22.9 Å². The smallest absolute Gasteiger partial charge is 0.251 e. The minimum atomic E-state index is -0.347. The molecule has 5 nitrogen and oxygen atoms in total. The summed E-state index contributed by atoms with van der Waals surface area (Å²) in [4.78, 5) is 20.9. The number of hydrogen-bond donors (Lipinski definition) is 1. The molecule has 0 bridgehead atoms. The van der Waals surface area contributed by atoms with Crippen LogP contribution < -0.4 is 10.2 Å². The quantitative estimate of drug-likeness (QED) is 0.833. The molecule has 1 N–H and O–H groups in total. The number of hydrogen-bond acceptors (Lipinski definition) is 4. The molecule has 0 spiro atoms. The molecule has 2 aromatic rings. The summed E-state index contributed by atoms with van der Waals surface area (Å²) in [6.07, 6.45) is 1.49. The van der Waals surface area contributed by atoms with E-state index < -0.39 is 0 Å². The van der Waals surface area contributed by atoms with Crippen molar-refractivity contribution in [1.82, 2.24) is 15.2 Å². The highest BCUT2D eigenvalue weighted by molar-refractivity contribution is 6.29. The Labute approximate surface area is 157 Å². The number of likely N-dealkylation sites (N-methyl/N-ethyl adjacent to an activating group) is 1. The molecule has 2 heterocycles. The summed E-state index contributed by atoms with van der Waals surface area (Å²) >= 11 is 5.85. The highest BCUT2D eigenvalue weighted by Crippen LogP contribution is 2.28. The lowest BCUT2D eigenvalue weighted by Gasteiger charge is -2.36. The molecule has 1 aromatic heterocycles. The number of halogens is 2. The average molecular weight is 377 g/mol. The Morgan fingerprint density at radius 1 is 1.23 bits per heavy atom. The van der Waals surface area contributed by atoms with Crippen molar-refractivity contribution in [1.29, 1.82) is 0 Å². The maximum atomic E-state index is 13.9. The Hall–Kier alpha value is -2.18. The van der Waals surface area contributed by atoms with Gasteiger partial charge in [-0.05, 0) is 44.3 Å². The predicted octanol–water partition coefficient (Wildman–Crippen LogP) is 3.12. The first-order chi connectivity index (χ1) is 12.4. The minimum Gasteiger partial charge on any atom is -0.369 e. The Morgan fingerprint density at radius 3 is 2.65 bits per heavy atom. The fourth-order valence-electron chi connectivity index (χ4n) is 3.11. The van der Waals surface area contributed by atoms with Crippen LogP contribution in [-0.2, 0) is 0 Å². The first-order valence-corrected chi connectivity index (χ1v) is 8.97. The van der Waals surface area contributed by atoms with E-state index in [0.29, 0.717) is 5.56 Å². The van der Waals surface area contributed by atoms with Gasteiger partial charge in [0.15, 0.2) is 0 Å². The lowest BCUT2D eigenvalue weighted by atomic mass is 10.0. The predicted molar refractivity (Wildman–Crippen MR) is 101 cm³/mol. The normalized spacial score (nSPS) is 16.4. The van der Waals surface area contributed by atoms with Gasteiger partial charge in [0.25, 0.3) is 5.91 Å². The number of amides is 1. The van der Waals surface area contributed by atoms with Gasteiger partial charge in [-0.15, -0.1) is 0 Å². The Morgan fingerprint density at radius 2 is 1.96 bits per heavy atom. The van der Waals surface area contributed by atoms with Crippen LogP contribution in [0.25, 0.3) is 0 Å². The van der Waals surface area contributed by atoms with E-state index in [4.69, 9.17) is 11.6 Å². The van der Waals surface area contributed by atoms with Gasteiger partial charge < -0.3 is 15.1 Å². The van der Waals surface area contributed by atoms with E-state index in [1.165, 1.54) is 24.4 Å². The highest BCUT2D eigenvalue weighted by Gasteiger charge is 2.21. The van der Waals surface area contributed by atoms with Crippen LogP contribution in [0.4, 0.5) is 10.1 Å². The van der Waals surface area contributed by atoms with Crippen LogP contribution in [-0.4, -0.2) is 49.0 Å². The third-order valence-corrected chi connectivity index (χ3v) is 4.84. The highest BCUT2D eigenvalue weighted by atomic mass is 35.5. The molecule has 1 atom stereocenters. The number of piperazine rings is 1. The Bertz CT molecular complexity index is 793. The zero-order valence-electron chi connectivity index (χ0n) is 14.9. The summed E-state index contributed by atoms with van der Waals surface area (Å²) < 4.78 is 13.9. The van der Waals surface area contributed by atoms with E-state index in [2.05, 4.69) is 27.1 Å². The molecule has 1 fully saturated rings. The third-order valence-electron chi connectivity index (χ3n) is 4.64. The van der Waals surface area contributed by atoms with Crippen LogP contribution in [0.3, 0.4) is 0 Å². The summed E-state index contributed by atoms with van der Waals surface area (Å²) in [6.45, 7) is 5.50. The molecule has 1 aliphatic heterocycles. The molecule has 138 valence electrons. The fraction of sp³-hybridized carbons (Fsp3) is 0.368. The summed E-state index contributed by atoms with van der Waals surface area (Å²) in [6, 6.07) is 7.52. The molecule has 0 saturated carbocycles. The van der Waals surface area contributed by atoms with Crippen molar-refractivity contribution in [3.8, 4) is 0 Å². The maximum Gasteiger partial charge on any atom is 0.251 e. The van der Waals surface area contributed by atoms with Crippen molar-refractivity contribution >= 4 is 23.2 Å². The van der Waals surface area contributed by atoms with Crippen LogP contribution in [0.15, 0.2) is 36.5 Å². The van der Waals surface area contributed by atoms with Gasteiger partial charge in [0.1, 0.15) is 11.0 Å². The monoisotopic (exact) mass is 376 g/mol. The molecule has 1 unspecified atom stereocenters. The van der Waals surface area contributed by atoms with Crippen molar-refractivity contribution in [2.45, 2.75) is 13.0 Å². The molecule has 1 amide bonds. The van der Waals surface area contributed by atoms with Crippen LogP contribution >= 0.6 is 11.6 Å². The third kappa shape index (κ3) is 4.31. The molecule has 0 aliphatic carbocycles. The van der Waals surface area contributed by atoms with E-state index in [1.54, 1.807) is 12.1 Å². The number of benzene rings is 1. The van der Waals surface area contributed by atoms with Crippen LogP contribution in [0.1, 0.15) is 28.9 Å². The second-order valence-corrected chi connectivity index (χ2v) is 6.94. The zero-order chi connectivity index (χ0) is 18.7. The summed E-state index contributed by atoms with van der Waals surface area (Å²) in [5.41, 5.74) is 2.15. The lowest BCUT2D eigenvalue weighted by Crippen LogP contribution is -2.45. The summed E-state index contributed by atoms with van der Waals surface area (Å²) in [5.74, 6) is -0.582. The Balaban J connectivity index is 1.81. The van der Waals surface area contributed by atoms with Crippen LogP contribution in [0.5, 0.6) is 0 Å². The van der Waals surface area contributed by atoms with Crippen molar-refractivity contribution in [2.24, 2.45) is 0 Å². The van der Waals surface area contributed by atoms with Crippen LogP contribution in [0.2, 0.25) is 5.15 Å². The molecule has 0 radical (unpaired) electrons. The second-order valence-electron chi connectivity index (χ2n) is 6.56. The summed E-state index contributed by atoms with van der Waals surface area (Å²) in [7, 11) is 2.09. The number of nitrogens with zero attached hydrogens (tertiary/aromatic N) is 3. The molecule has 1 aromatic carbocycles. The van der Waals surface area contributed by atoms with Gasteiger partial charge in [-0.25, -0.2) is 9.37 Å². The number of carbonyl (C=O) groups excluding carboxylic acids is 1. The molecule has 1 saturated heterocycles. The van der Waals surface area contributed by atoms with Gasteiger partial charge in [0.05, 0.1) is 6.04 Å². The number of nitrogens with one attached hydrogen (secondary N) is 1. The molecule has 26 heavy (non-hydrogen) atoms. The fourth-order valence-corrected chi connectivity index (χ4v) is 3.28. The van der Waals surface area contributed by atoms with Crippen LogP contribution in [0, 0.1) is 5.82 Å². The number of carbonyl (C=O) groups is 1. The lowest BCUT2D eigenvalue weighted by molar-refractivity contribution is 0.0939. The van der Waals surface area contributed by atoms with Crippen molar-refractivity contribution in [3.05, 3.63) is 58.6 Å². The number of rotatable bonds is 4. The van der Waals surface area contributed by atoms with Crippen molar-refractivity contribution in [3.63, 3.8) is 0 Å². The van der Waals surface area contributed by atoms with E-state index in [0.717, 1.165) is 37.4 Å². The van der Waals surface area contributed by atoms with E-state index >= 15 is 0 Å². The largest absolute Gasteiger partial charge is 0.369 e. The SMILES string of the molecule is CC(NC(=O)c1ccnc(Cl)c1)c1cc(F)ccc1N1CCN(C)CC1. The van der Waals surface area contributed by atoms with Gasteiger partial charge in [-0.2, -0.15) is 0 Å². The Kier molecular flexibility index (Phi) is 5.74. The molecule has 1 aliphatic rings. The summed E-state index contributed by atoms with van der Waals surface area (Å²) in [5, 5.41) is 3.18. The maximum absolute atomic E-state index is 13.9. The number of aromatic nitrogens is 1. The number of anilines is 1. The number of pyridine rings is 1. The first kappa shape index (κ1) is 18.6. The molecular formula is C19H22ClFN4O. The van der Waals surface area contributed by atoms with E-state index in [9.17, 15) is 9.18 Å². The van der Waals surface area contributed by atoms with Gasteiger partial charge >= 0.3 is 0 Å². The molecular weight excluding hydrogens is 355 g/mol. The van der Waals surface area contributed by atoms with Gasteiger partial charge in [-0.1, -0.05) is 11.6 Å². The minimum absolute atomic E-state index is 0.259. The first-order valence-electron chi connectivity index (χ1n) is 8.59. The van der Waals surface area contributed by atoms with E-state index in [1.807, 2.05) is 6.92 Å². The molecule has 3 rings (SSSR count). The van der Waals surface area contributed by atoms with Gasteiger partial charge in [-0.3, -0.25) is 4.79 Å². The molecule has 7 heteroatoms. The zero-order valence-corrected chi connectivity index (χ0v) is 15.6. The standard InChI is InChI=1S/C19H22ClFN4O/c1-13(23-19(26)14-5-6-22-18(20)11-14)16-12-15(21)3-4-17(16)25-9-7-24(2)8-10-25/h3-6,11-13H,7-10H2,1-2H3,(H,23,26). The van der Waals surface area contributed by atoms with Gasteiger partial charge in [0, 0.05) is 49.2 Å². The van der Waals surface area contributed by atoms with Gasteiger partial charge in [0.2, 0.25) is 0 Å². The average Bonchev–Trinajstić information content (AvgIpc) is 2.62. The van der Waals surface area contributed by atoms with Crippen molar-refractivity contribution in [2.75, 3.05) is 38.1 Å². The van der Waals surface area contributed by atoms with Crippen molar-refractivity contribution < 1.29 is 9.18 Å².